The average molecular weight is 529 g/mol. The van der Waals surface area contributed by atoms with Crippen molar-refractivity contribution in [2.75, 3.05) is 7.11 Å². The largest absolute Gasteiger partial charge is 0.496 e. The summed E-state index contributed by atoms with van der Waals surface area (Å²) in [5.41, 5.74) is 5.13. The summed E-state index contributed by atoms with van der Waals surface area (Å²) in [5, 5.41) is 6.19. The first kappa shape index (κ1) is 23.1. The maximum atomic E-state index is 13.6. The molecule has 0 aliphatic rings. The zero-order valence-electron chi connectivity index (χ0n) is 20.0. The molecule has 0 unspecified atom stereocenters. The molecule has 0 radical (unpaired) electrons. The lowest BCUT2D eigenvalue weighted by Gasteiger charge is -2.17. The highest BCUT2D eigenvalue weighted by Crippen LogP contribution is 2.34. The van der Waals surface area contributed by atoms with Gasteiger partial charge in [-0.05, 0) is 66.4 Å². The van der Waals surface area contributed by atoms with E-state index in [4.69, 9.17) is 9.72 Å². The van der Waals surface area contributed by atoms with Gasteiger partial charge in [-0.1, -0.05) is 41.9 Å². The molecule has 0 fully saturated rings. The molecule has 0 amide bonds. The first-order valence-corrected chi connectivity index (χ1v) is 12.2. The quantitative estimate of drug-likeness (QED) is 0.260. The second kappa shape index (κ2) is 9.15. The van der Waals surface area contributed by atoms with E-state index in [2.05, 4.69) is 45.9 Å². The molecule has 0 saturated carbocycles. The third-order valence-electron chi connectivity index (χ3n) is 6.18. The maximum Gasteiger partial charge on any atom is 0.282 e. The lowest BCUT2D eigenvalue weighted by atomic mass is 9.96. The fourth-order valence-electron chi connectivity index (χ4n) is 4.31. The number of methoxy groups -OCH3 is 1. The number of aromatic nitrogens is 3. The Balaban J connectivity index is 1.76. The van der Waals surface area contributed by atoms with Crippen LogP contribution in [0.1, 0.15) is 36.5 Å². The summed E-state index contributed by atoms with van der Waals surface area (Å²) in [7, 11) is 1.67. The topological polar surface area (TPSA) is 72.3 Å². The summed E-state index contributed by atoms with van der Waals surface area (Å²) >= 11 is 3.53. The number of benzene rings is 3. The Morgan fingerprint density at radius 1 is 1.11 bits per heavy atom. The molecule has 6 nitrogen and oxygen atoms in total. The summed E-state index contributed by atoms with van der Waals surface area (Å²) in [6.45, 7) is 6.23. The molecule has 0 bridgehead atoms. The van der Waals surface area contributed by atoms with Crippen LogP contribution >= 0.6 is 15.9 Å². The third-order valence-corrected chi connectivity index (χ3v) is 6.67. The molecule has 1 N–H and O–H groups in total. The average Bonchev–Trinajstić information content (AvgIpc) is 3.25. The molecule has 2 aromatic heterocycles. The van der Waals surface area contributed by atoms with Crippen molar-refractivity contribution in [3.05, 3.63) is 92.3 Å². The Hall–Kier alpha value is -3.71. The van der Waals surface area contributed by atoms with Gasteiger partial charge in [-0.3, -0.25) is 4.79 Å². The zero-order chi connectivity index (χ0) is 24.7. The smallest absolute Gasteiger partial charge is 0.282 e. The minimum absolute atomic E-state index is 0.218. The number of fused-ring (bicyclic) bond motifs is 2. The van der Waals surface area contributed by atoms with E-state index in [9.17, 15) is 4.79 Å². The van der Waals surface area contributed by atoms with Crippen LogP contribution in [-0.2, 0) is 0 Å². The lowest BCUT2D eigenvalue weighted by molar-refractivity contribution is 0.407. The van der Waals surface area contributed by atoms with Gasteiger partial charge in [0.2, 0.25) is 0 Å². The van der Waals surface area contributed by atoms with Gasteiger partial charge in [0, 0.05) is 32.7 Å². The third kappa shape index (κ3) is 4.17. The van der Waals surface area contributed by atoms with Crippen LogP contribution in [-0.4, -0.2) is 28.0 Å². The highest BCUT2D eigenvalue weighted by Gasteiger charge is 2.18. The van der Waals surface area contributed by atoms with Gasteiger partial charge in [0.05, 0.1) is 24.2 Å². The number of aromatic amines is 1. The summed E-state index contributed by atoms with van der Waals surface area (Å²) in [6.07, 6.45) is 3.59. The van der Waals surface area contributed by atoms with Crippen LogP contribution in [0.5, 0.6) is 5.75 Å². The Bertz CT molecular complexity index is 1660. The molecule has 176 valence electrons. The maximum absolute atomic E-state index is 13.6. The van der Waals surface area contributed by atoms with E-state index in [-0.39, 0.29) is 11.5 Å². The fraction of sp³-hybridized carbons (Fsp3) is 0.179. The fourth-order valence-corrected chi connectivity index (χ4v) is 4.67. The van der Waals surface area contributed by atoms with Gasteiger partial charge in [-0.15, -0.1) is 0 Å². The Morgan fingerprint density at radius 2 is 1.91 bits per heavy atom. The van der Waals surface area contributed by atoms with Crippen LogP contribution in [0.4, 0.5) is 0 Å². The van der Waals surface area contributed by atoms with Crippen LogP contribution in [0, 0.1) is 6.92 Å². The predicted octanol–water partition coefficient (Wildman–Crippen LogP) is 6.63. The van der Waals surface area contributed by atoms with Gasteiger partial charge in [-0.2, -0.15) is 9.78 Å². The minimum Gasteiger partial charge on any atom is -0.496 e. The van der Waals surface area contributed by atoms with E-state index in [0.717, 1.165) is 43.4 Å². The molecule has 0 saturated heterocycles. The molecule has 0 aliphatic heterocycles. The van der Waals surface area contributed by atoms with Gasteiger partial charge in [0.1, 0.15) is 5.75 Å². The molecular weight excluding hydrogens is 504 g/mol. The molecule has 7 heteroatoms. The lowest BCUT2D eigenvalue weighted by Crippen LogP contribution is -2.20. The second-order valence-electron chi connectivity index (χ2n) is 8.81. The van der Waals surface area contributed by atoms with Gasteiger partial charge in [0.25, 0.3) is 5.56 Å². The van der Waals surface area contributed by atoms with Crippen molar-refractivity contribution in [2.24, 2.45) is 5.10 Å². The summed E-state index contributed by atoms with van der Waals surface area (Å²) in [6, 6.07) is 17.4. The van der Waals surface area contributed by atoms with Crippen molar-refractivity contribution in [3.8, 4) is 17.1 Å². The van der Waals surface area contributed by atoms with Crippen LogP contribution in [0.25, 0.3) is 33.2 Å². The molecule has 5 aromatic rings. The van der Waals surface area contributed by atoms with Crippen molar-refractivity contribution >= 4 is 44.0 Å². The van der Waals surface area contributed by atoms with Crippen molar-refractivity contribution < 1.29 is 4.74 Å². The van der Waals surface area contributed by atoms with Crippen molar-refractivity contribution in [1.29, 1.82) is 0 Å². The molecule has 0 aliphatic carbocycles. The molecule has 0 atom stereocenters. The van der Waals surface area contributed by atoms with Gasteiger partial charge in [-0.25, -0.2) is 4.98 Å². The molecule has 0 spiro atoms. The van der Waals surface area contributed by atoms with Gasteiger partial charge in [0.15, 0.2) is 5.82 Å². The number of aryl methyl sites for hydroxylation is 1. The number of para-hydroxylation sites is 1. The number of rotatable bonds is 5. The predicted molar refractivity (Wildman–Crippen MR) is 146 cm³/mol. The first-order chi connectivity index (χ1) is 16.9. The number of halogens is 1. The van der Waals surface area contributed by atoms with Crippen LogP contribution in [0.15, 0.2) is 75.2 Å². The number of hydrogen-bond donors (Lipinski definition) is 1. The molecule has 35 heavy (non-hydrogen) atoms. The minimum atomic E-state index is -0.218. The zero-order valence-corrected chi connectivity index (χ0v) is 21.6. The standard InChI is InChI=1S/C28H25BrN4O2/c1-16(2)21-13-22(17(3)11-26(21)35-4)27-32-25-8-6-5-7-20(25)28(34)33(27)31-15-18-14-30-24-10-9-19(29)12-23(18)24/h5-16,30H,1-4H3. The van der Waals surface area contributed by atoms with E-state index in [0.29, 0.717) is 16.7 Å². The van der Waals surface area contributed by atoms with E-state index in [1.807, 2.05) is 55.6 Å². The van der Waals surface area contributed by atoms with Crippen molar-refractivity contribution in [2.45, 2.75) is 26.7 Å². The van der Waals surface area contributed by atoms with Gasteiger partial charge < -0.3 is 9.72 Å². The summed E-state index contributed by atoms with van der Waals surface area (Å²) in [5.74, 6) is 1.55. The first-order valence-electron chi connectivity index (χ1n) is 11.4. The number of H-pyrrole nitrogens is 1. The van der Waals surface area contributed by atoms with Crippen LogP contribution in [0.2, 0.25) is 0 Å². The molecule has 2 heterocycles. The monoisotopic (exact) mass is 528 g/mol. The van der Waals surface area contributed by atoms with E-state index < -0.39 is 0 Å². The second-order valence-corrected chi connectivity index (χ2v) is 9.73. The Labute approximate surface area is 211 Å². The SMILES string of the molecule is COc1cc(C)c(-c2nc3ccccc3c(=O)n2N=Cc2c[nH]c3ccc(Br)cc23)cc1C(C)C. The van der Waals surface area contributed by atoms with E-state index >= 15 is 0 Å². The van der Waals surface area contributed by atoms with E-state index in [1.54, 1.807) is 19.4 Å². The normalized spacial score (nSPS) is 11.8. The summed E-state index contributed by atoms with van der Waals surface area (Å²) in [4.78, 5) is 21.8. The molecular formula is C28H25BrN4O2. The van der Waals surface area contributed by atoms with E-state index in [1.165, 1.54) is 4.68 Å². The number of nitrogens with one attached hydrogen (secondary N) is 1. The highest BCUT2D eigenvalue weighted by atomic mass is 79.9. The Morgan fingerprint density at radius 3 is 2.69 bits per heavy atom. The number of hydrogen-bond acceptors (Lipinski definition) is 4. The van der Waals surface area contributed by atoms with Crippen molar-refractivity contribution in [1.82, 2.24) is 14.6 Å². The van der Waals surface area contributed by atoms with Crippen molar-refractivity contribution in [3.63, 3.8) is 0 Å². The van der Waals surface area contributed by atoms with Crippen LogP contribution in [0.3, 0.4) is 0 Å². The number of ether oxygens (including phenoxy) is 1. The molecule has 5 rings (SSSR count). The molecule has 3 aromatic carbocycles. The highest BCUT2D eigenvalue weighted by molar-refractivity contribution is 9.10. The van der Waals surface area contributed by atoms with Crippen LogP contribution < -0.4 is 10.3 Å². The van der Waals surface area contributed by atoms with Gasteiger partial charge >= 0.3 is 0 Å². The summed E-state index contributed by atoms with van der Waals surface area (Å²) < 4.78 is 8.00. The number of nitrogens with zero attached hydrogens (tertiary/aromatic N) is 3. The Kier molecular flexibility index (Phi) is 6.03.